The van der Waals surface area contributed by atoms with Crippen molar-refractivity contribution in [2.45, 2.75) is 5.16 Å². The summed E-state index contributed by atoms with van der Waals surface area (Å²) in [5.41, 5.74) is 2.76. The van der Waals surface area contributed by atoms with Crippen LogP contribution in [0.3, 0.4) is 0 Å². The van der Waals surface area contributed by atoms with Crippen LogP contribution >= 0.6 is 27.7 Å². The number of nitrogens with zero attached hydrogens (tertiary/aromatic N) is 1. The highest BCUT2D eigenvalue weighted by Crippen LogP contribution is 2.20. The van der Waals surface area contributed by atoms with Gasteiger partial charge in [0.25, 0.3) is 5.91 Å². The Hall–Kier alpha value is -2.05. The van der Waals surface area contributed by atoms with Crippen molar-refractivity contribution >= 4 is 33.6 Å². The van der Waals surface area contributed by atoms with E-state index in [-0.39, 0.29) is 5.91 Å². The third-order valence-corrected chi connectivity index (χ3v) is 4.73. The van der Waals surface area contributed by atoms with Gasteiger partial charge in [-0.25, -0.2) is 4.98 Å². The van der Waals surface area contributed by atoms with Gasteiger partial charge in [0.1, 0.15) is 0 Å². The standard InChI is InChI=1S/C18H16BrN3OS/c19-15-8-4-7-14(11-15)17(23)20-9-10-24-18-21-12-16(22-18)13-5-2-1-3-6-13/h1-8,11-12H,9-10H2,(H,20,23)(H,21,22). The Morgan fingerprint density at radius 3 is 2.79 bits per heavy atom. The molecule has 0 aliphatic carbocycles. The number of nitrogens with one attached hydrogen (secondary N) is 2. The van der Waals surface area contributed by atoms with Crippen molar-refractivity contribution in [2.75, 3.05) is 12.3 Å². The summed E-state index contributed by atoms with van der Waals surface area (Å²) < 4.78 is 0.897. The molecule has 0 aliphatic rings. The van der Waals surface area contributed by atoms with E-state index in [4.69, 9.17) is 0 Å². The molecular formula is C18H16BrN3OS. The largest absolute Gasteiger partial charge is 0.351 e. The van der Waals surface area contributed by atoms with E-state index >= 15 is 0 Å². The Kier molecular flexibility index (Phi) is 5.72. The van der Waals surface area contributed by atoms with Crippen LogP contribution in [0.1, 0.15) is 10.4 Å². The minimum atomic E-state index is -0.0682. The minimum absolute atomic E-state index is 0.0682. The van der Waals surface area contributed by atoms with Gasteiger partial charge < -0.3 is 10.3 Å². The Labute approximate surface area is 153 Å². The zero-order chi connectivity index (χ0) is 16.8. The number of halogens is 1. The summed E-state index contributed by atoms with van der Waals surface area (Å²) in [6.45, 7) is 0.581. The van der Waals surface area contributed by atoms with Crippen LogP contribution < -0.4 is 5.32 Å². The van der Waals surface area contributed by atoms with Crippen LogP contribution in [0.5, 0.6) is 0 Å². The van der Waals surface area contributed by atoms with E-state index in [9.17, 15) is 4.79 Å². The first-order valence-corrected chi connectivity index (χ1v) is 9.27. The number of rotatable bonds is 6. The number of imidazole rings is 1. The number of aromatic nitrogens is 2. The van der Waals surface area contributed by atoms with E-state index in [0.717, 1.165) is 26.6 Å². The highest BCUT2D eigenvalue weighted by Gasteiger charge is 2.06. The molecule has 6 heteroatoms. The number of hydrogen-bond donors (Lipinski definition) is 2. The zero-order valence-electron chi connectivity index (χ0n) is 12.8. The smallest absolute Gasteiger partial charge is 0.251 e. The molecule has 0 saturated heterocycles. The van der Waals surface area contributed by atoms with Crippen molar-refractivity contribution in [2.24, 2.45) is 0 Å². The Morgan fingerprint density at radius 2 is 2.00 bits per heavy atom. The lowest BCUT2D eigenvalue weighted by molar-refractivity contribution is 0.0956. The first-order chi connectivity index (χ1) is 11.7. The van der Waals surface area contributed by atoms with Crippen molar-refractivity contribution in [3.8, 4) is 11.3 Å². The fourth-order valence-electron chi connectivity index (χ4n) is 2.18. The molecule has 0 saturated carbocycles. The second-order valence-electron chi connectivity index (χ2n) is 5.08. The van der Waals surface area contributed by atoms with E-state index < -0.39 is 0 Å². The van der Waals surface area contributed by atoms with Crippen molar-refractivity contribution in [1.29, 1.82) is 0 Å². The number of carbonyl (C=O) groups is 1. The molecule has 0 fully saturated rings. The van der Waals surface area contributed by atoms with Gasteiger partial charge in [-0.2, -0.15) is 0 Å². The molecule has 4 nitrogen and oxygen atoms in total. The number of aromatic amines is 1. The molecule has 0 bridgehead atoms. The maximum atomic E-state index is 12.0. The number of H-pyrrole nitrogens is 1. The highest BCUT2D eigenvalue weighted by atomic mass is 79.9. The van der Waals surface area contributed by atoms with Crippen molar-refractivity contribution < 1.29 is 4.79 Å². The average molecular weight is 402 g/mol. The molecule has 24 heavy (non-hydrogen) atoms. The molecule has 1 heterocycles. The van der Waals surface area contributed by atoms with Crippen LogP contribution in [0.2, 0.25) is 0 Å². The van der Waals surface area contributed by atoms with Crippen LogP contribution in [0.4, 0.5) is 0 Å². The topological polar surface area (TPSA) is 57.8 Å². The highest BCUT2D eigenvalue weighted by molar-refractivity contribution is 9.10. The summed E-state index contributed by atoms with van der Waals surface area (Å²) in [5.74, 6) is 0.683. The number of carbonyl (C=O) groups excluding carboxylic acids is 1. The van der Waals surface area contributed by atoms with Gasteiger partial charge in [-0.05, 0) is 23.8 Å². The monoisotopic (exact) mass is 401 g/mol. The molecule has 2 N–H and O–H groups in total. The molecule has 122 valence electrons. The van der Waals surface area contributed by atoms with Gasteiger partial charge in [0, 0.05) is 22.3 Å². The Bertz CT molecular complexity index is 820. The van der Waals surface area contributed by atoms with Crippen LogP contribution in [0.15, 0.2) is 70.4 Å². The first-order valence-electron chi connectivity index (χ1n) is 7.49. The van der Waals surface area contributed by atoms with Gasteiger partial charge in [0.2, 0.25) is 0 Å². The normalized spacial score (nSPS) is 10.5. The van der Waals surface area contributed by atoms with Gasteiger partial charge >= 0.3 is 0 Å². The number of hydrogen-bond acceptors (Lipinski definition) is 3. The second-order valence-corrected chi connectivity index (χ2v) is 7.08. The number of amides is 1. The summed E-state index contributed by atoms with van der Waals surface area (Å²) in [7, 11) is 0. The molecular weight excluding hydrogens is 386 g/mol. The summed E-state index contributed by atoms with van der Waals surface area (Å²) in [6.07, 6.45) is 1.83. The fourth-order valence-corrected chi connectivity index (χ4v) is 3.29. The van der Waals surface area contributed by atoms with E-state index in [0.29, 0.717) is 12.1 Å². The third kappa shape index (κ3) is 4.49. The van der Waals surface area contributed by atoms with Crippen molar-refractivity contribution in [3.05, 3.63) is 70.8 Å². The van der Waals surface area contributed by atoms with Crippen LogP contribution in [0.25, 0.3) is 11.3 Å². The maximum absolute atomic E-state index is 12.0. The average Bonchev–Trinajstić information content (AvgIpc) is 3.08. The zero-order valence-corrected chi connectivity index (χ0v) is 15.2. The van der Waals surface area contributed by atoms with Crippen molar-refractivity contribution in [1.82, 2.24) is 15.3 Å². The molecule has 0 radical (unpaired) electrons. The number of thioether (sulfide) groups is 1. The summed E-state index contributed by atoms with van der Waals surface area (Å²) in [6, 6.07) is 17.4. The van der Waals surface area contributed by atoms with Gasteiger partial charge in [-0.3, -0.25) is 4.79 Å². The van der Waals surface area contributed by atoms with Gasteiger partial charge in [-0.15, -0.1) is 0 Å². The SMILES string of the molecule is O=C(NCCSc1ncc(-c2ccccc2)[nH]1)c1cccc(Br)c1. The predicted molar refractivity (Wildman–Crippen MR) is 101 cm³/mol. The van der Waals surface area contributed by atoms with E-state index in [1.54, 1.807) is 23.9 Å². The summed E-state index contributed by atoms with van der Waals surface area (Å²) in [4.78, 5) is 19.7. The van der Waals surface area contributed by atoms with Gasteiger partial charge in [0.15, 0.2) is 5.16 Å². The lowest BCUT2D eigenvalue weighted by Crippen LogP contribution is -2.25. The Balaban J connectivity index is 1.47. The lowest BCUT2D eigenvalue weighted by Gasteiger charge is -2.04. The molecule has 3 rings (SSSR count). The number of benzene rings is 2. The van der Waals surface area contributed by atoms with Crippen LogP contribution in [-0.4, -0.2) is 28.2 Å². The molecule has 0 atom stereocenters. The quantitative estimate of drug-likeness (QED) is 0.476. The van der Waals surface area contributed by atoms with E-state index in [1.165, 1.54) is 0 Å². The molecule has 2 aromatic carbocycles. The molecule has 0 aliphatic heterocycles. The lowest BCUT2D eigenvalue weighted by atomic mass is 10.2. The van der Waals surface area contributed by atoms with E-state index in [1.807, 2.05) is 48.7 Å². The minimum Gasteiger partial charge on any atom is -0.351 e. The molecule has 0 spiro atoms. The third-order valence-electron chi connectivity index (χ3n) is 3.35. The predicted octanol–water partition coefficient (Wildman–Crippen LogP) is 4.36. The molecule has 3 aromatic rings. The molecule has 1 aromatic heterocycles. The molecule has 0 unspecified atom stereocenters. The maximum Gasteiger partial charge on any atom is 0.251 e. The van der Waals surface area contributed by atoms with Crippen LogP contribution in [0, 0.1) is 0 Å². The van der Waals surface area contributed by atoms with Crippen LogP contribution in [-0.2, 0) is 0 Å². The summed E-state index contributed by atoms with van der Waals surface area (Å²) >= 11 is 4.95. The fraction of sp³-hybridized carbons (Fsp3) is 0.111. The van der Waals surface area contributed by atoms with Gasteiger partial charge in [-0.1, -0.05) is 64.1 Å². The second kappa shape index (κ2) is 8.17. The van der Waals surface area contributed by atoms with Gasteiger partial charge in [0.05, 0.1) is 11.9 Å². The van der Waals surface area contributed by atoms with Crippen molar-refractivity contribution in [3.63, 3.8) is 0 Å². The molecule has 1 amide bonds. The summed E-state index contributed by atoms with van der Waals surface area (Å²) in [5, 5.41) is 3.77. The van der Waals surface area contributed by atoms with E-state index in [2.05, 4.69) is 31.2 Å². The Morgan fingerprint density at radius 1 is 1.17 bits per heavy atom. The first kappa shape index (κ1) is 16.8.